The lowest BCUT2D eigenvalue weighted by molar-refractivity contribution is 0.522. The van der Waals surface area contributed by atoms with E-state index in [1.807, 2.05) is 22.7 Å². The maximum Gasteiger partial charge on any atom is 0.136 e. The lowest BCUT2D eigenvalue weighted by Crippen LogP contribution is -2.50. The summed E-state index contributed by atoms with van der Waals surface area (Å²) >= 11 is 3.94. The minimum absolute atomic E-state index is 0.191. The lowest BCUT2D eigenvalue weighted by atomic mass is 9.48. The lowest BCUT2D eigenvalue weighted by Gasteiger charge is -2.55. The van der Waals surface area contributed by atoms with Crippen LogP contribution in [0.2, 0.25) is 0 Å². The quantitative estimate of drug-likeness (QED) is 0.161. The smallest absolute Gasteiger partial charge is 0.136 e. The highest BCUT2D eigenvalue weighted by atomic mass is 32.1. The maximum atomic E-state index is 6.53. The second-order valence-electron chi connectivity index (χ2n) is 18.7. The Balaban J connectivity index is 1.20. The molecular formula is C58H41NOS2. The number of aromatic nitrogens is 1. The van der Waals surface area contributed by atoms with Gasteiger partial charge in [0.05, 0.1) is 21.9 Å². The summed E-state index contributed by atoms with van der Waals surface area (Å²) in [5.41, 5.74) is 16.7. The largest absolute Gasteiger partial charge is 0.456 e. The number of hydrogen-bond donors (Lipinski definition) is 0. The van der Waals surface area contributed by atoms with Gasteiger partial charge in [-0.1, -0.05) is 161 Å². The Bertz CT molecular complexity index is 3480. The zero-order valence-electron chi connectivity index (χ0n) is 34.9. The van der Waals surface area contributed by atoms with Crippen molar-refractivity contribution in [3.8, 4) is 5.00 Å². The molecule has 14 rings (SSSR count). The Morgan fingerprint density at radius 1 is 0.387 bits per heavy atom. The van der Waals surface area contributed by atoms with Crippen molar-refractivity contribution in [1.29, 1.82) is 0 Å². The van der Waals surface area contributed by atoms with Crippen LogP contribution in [0.25, 0.3) is 48.7 Å². The Hall–Kier alpha value is -6.46. The number of furan rings is 1. The van der Waals surface area contributed by atoms with Gasteiger partial charge in [0, 0.05) is 42.1 Å². The number of fused-ring (bicyclic) bond motifs is 20. The molecule has 3 aliphatic rings. The van der Waals surface area contributed by atoms with E-state index in [2.05, 4.69) is 208 Å². The fraction of sp³-hybridized carbons (Fsp3) is 0.138. The van der Waals surface area contributed by atoms with Crippen LogP contribution in [-0.4, -0.2) is 4.57 Å². The normalized spacial score (nSPS) is 16.9. The first-order chi connectivity index (χ1) is 30.3. The van der Waals surface area contributed by atoms with Gasteiger partial charge in [-0.25, -0.2) is 0 Å². The third kappa shape index (κ3) is 3.95. The van der Waals surface area contributed by atoms with Crippen molar-refractivity contribution in [3.05, 3.63) is 241 Å². The maximum absolute atomic E-state index is 6.53. The Morgan fingerprint density at radius 3 is 1.48 bits per heavy atom. The van der Waals surface area contributed by atoms with Gasteiger partial charge in [0.25, 0.3) is 0 Å². The van der Waals surface area contributed by atoms with E-state index in [0.29, 0.717) is 0 Å². The summed E-state index contributed by atoms with van der Waals surface area (Å²) in [4.78, 5) is 2.82. The molecule has 0 radical (unpaired) electrons. The Kier molecular flexibility index (Phi) is 6.64. The van der Waals surface area contributed by atoms with Crippen LogP contribution in [0.5, 0.6) is 0 Å². The molecule has 4 aromatic heterocycles. The first kappa shape index (κ1) is 35.2. The highest BCUT2D eigenvalue weighted by Gasteiger charge is 2.62. The average Bonchev–Trinajstić information content (AvgIpc) is 4.11. The van der Waals surface area contributed by atoms with E-state index in [4.69, 9.17) is 4.42 Å². The summed E-state index contributed by atoms with van der Waals surface area (Å²) in [6, 6.07) is 64.6. The first-order valence-electron chi connectivity index (χ1n) is 21.7. The molecule has 0 saturated carbocycles. The van der Waals surface area contributed by atoms with E-state index in [1.165, 1.54) is 92.2 Å². The van der Waals surface area contributed by atoms with E-state index in [1.54, 1.807) is 0 Å². The monoisotopic (exact) mass is 831 g/mol. The molecule has 0 aliphatic heterocycles. The third-order valence-electron chi connectivity index (χ3n) is 15.3. The minimum Gasteiger partial charge on any atom is -0.456 e. The average molecular weight is 832 g/mol. The molecule has 62 heavy (non-hydrogen) atoms. The summed E-state index contributed by atoms with van der Waals surface area (Å²) in [6.07, 6.45) is 0. The Morgan fingerprint density at radius 2 is 0.887 bits per heavy atom. The van der Waals surface area contributed by atoms with Crippen molar-refractivity contribution >= 4 is 66.4 Å². The van der Waals surface area contributed by atoms with E-state index in [-0.39, 0.29) is 10.8 Å². The van der Waals surface area contributed by atoms with Gasteiger partial charge in [0.1, 0.15) is 16.2 Å². The molecule has 0 amide bonds. The molecule has 0 atom stereocenters. The molecule has 4 heteroatoms. The fourth-order valence-electron chi connectivity index (χ4n) is 12.7. The van der Waals surface area contributed by atoms with Crippen LogP contribution >= 0.6 is 22.7 Å². The number of rotatable bonds is 1. The fourth-order valence-corrected chi connectivity index (χ4v) is 15.4. The molecule has 4 heterocycles. The molecule has 0 saturated heterocycles. The number of nitrogens with zero attached hydrogens (tertiary/aromatic N) is 1. The summed E-state index contributed by atoms with van der Waals surface area (Å²) in [5, 5.41) is 8.32. The van der Waals surface area contributed by atoms with Crippen LogP contribution in [0.1, 0.15) is 93.1 Å². The van der Waals surface area contributed by atoms with E-state index in [0.717, 1.165) is 21.9 Å². The molecular weight excluding hydrogens is 791 g/mol. The summed E-state index contributed by atoms with van der Waals surface area (Å²) in [6.45, 7) is 9.69. The third-order valence-corrected chi connectivity index (χ3v) is 17.6. The standard InChI is InChI=1S/C58H41NOS2/c1-55(2)38-19-7-11-23-42(38)57(43-24-12-8-20-39(43)55)46-29-30-61-53(46)58(44-25-13-9-21-40(44)56(3,4)41-22-10-14-26-45(41)58)47-33-52(62-54(47)57)59-48-27-15-5-17-34(48)36-32-51-37(31-49(36)59)35-18-6-16-28-50(35)60-51/h5-33H,1-4H3. The SMILES string of the molecule is CC1(C)c2ccccc2C2(c3ccccc31)c1cc(-n3c4ccccc4c4cc5oc6ccccc6c5cc43)sc1C1(c3ccccc3C(C)(C)c3ccccc31)c1ccsc12. The van der Waals surface area contributed by atoms with Crippen molar-refractivity contribution in [3.63, 3.8) is 0 Å². The molecule has 0 N–H and O–H groups in total. The highest BCUT2D eigenvalue weighted by Crippen LogP contribution is 2.69. The minimum atomic E-state index is -0.550. The van der Waals surface area contributed by atoms with Crippen LogP contribution in [0.15, 0.2) is 180 Å². The highest BCUT2D eigenvalue weighted by molar-refractivity contribution is 7.15. The van der Waals surface area contributed by atoms with Crippen LogP contribution in [0.3, 0.4) is 0 Å². The van der Waals surface area contributed by atoms with Gasteiger partial charge in [-0.3, -0.25) is 0 Å². The van der Waals surface area contributed by atoms with Crippen LogP contribution < -0.4 is 0 Å². The topological polar surface area (TPSA) is 18.1 Å². The van der Waals surface area contributed by atoms with Gasteiger partial charge in [-0.2, -0.15) is 0 Å². The second kappa shape index (κ2) is 11.7. The summed E-state index contributed by atoms with van der Waals surface area (Å²) in [5.74, 6) is 0. The molecule has 0 fully saturated rings. The van der Waals surface area contributed by atoms with Gasteiger partial charge in [-0.15, -0.1) is 22.7 Å². The van der Waals surface area contributed by atoms with Crippen molar-refractivity contribution in [2.24, 2.45) is 0 Å². The molecule has 11 aromatic rings. The van der Waals surface area contributed by atoms with Gasteiger partial charge < -0.3 is 8.98 Å². The summed E-state index contributed by atoms with van der Waals surface area (Å²) < 4.78 is 9.10. The van der Waals surface area contributed by atoms with E-state index < -0.39 is 10.8 Å². The van der Waals surface area contributed by atoms with Crippen molar-refractivity contribution in [1.82, 2.24) is 4.57 Å². The zero-order chi connectivity index (χ0) is 41.3. The molecule has 0 bridgehead atoms. The molecule has 2 spiro atoms. The van der Waals surface area contributed by atoms with Crippen molar-refractivity contribution < 1.29 is 4.42 Å². The van der Waals surface area contributed by atoms with Crippen molar-refractivity contribution in [2.45, 2.75) is 49.4 Å². The van der Waals surface area contributed by atoms with Crippen LogP contribution in [-0.2, 0) is 21.7 Å². The molecule has 0 unspecified atom stereocenters. The predicted molar refractivity (Wildman–Crippen MR) is 258 cm³/mol. The summed E-state index contributed by atoms with van der Waals surface area (Å²) in [7, 11) is 0. The molecule has 2 nitrogen and oxygen atoms in total. The number of para-hydroxylation sites is 2. The van der Waals surface area contributed by atoms with Crippen LogP contribution in [0, 0.1) is 0 Å². The van der Waals surface area contributed by atoms with E-state index >= 15 is 0 Å². The van der Waals surface area contributed by atoms with Crippen molar-refractivity contribution in [2.75, 3.05) is 0 Å². The molecule has 7 aromatic carbocycles. The van der Waals surface area contributed by atoms with Gasteiger partial charge in [-0.05, 0) is 97.4 Å². The second-order valence-corrected chi connectivity index (χ2v) is 20.7. The first-order valence-corrected chi connectivity index (χ1v) is 23.4. The van der Waals surface area contributed by atoms with Gasteiger partial charge in [0.2, 0.25) is 0 Å². The molecule has 296 valence electrons. The Labute approximate surface area is 368 Å². The number of thiophene rings is 2. The van der Waals surface area contributed by atoms with Crippen LogP contribution in [0.4, 0.5) is 0 Å². The van der Waals surface area contributed by atoms with Gasteiger partial charge in [0.15, 0.2) is 0 Å². The van der Waals surface area contributed by atoms with E-state index in [9.17, 15) is 0 Å². The number of hydrogen-bond acceptors (Lipinski definition) is 3. The zero-order valence-corrected chi connectivity index (χ0v) is 36.5. The molecule has 3 aliphatic carbocycles. The van der Waals surface area contributed by atoms with Gasteiger partial charge >= 0.3 is 0 Å². The number of benzene rings is 7. The predicted octanol–water partition coefficient (Wildman–Crippen LogP) is 15.2.